The maximum Gasteiger partial charge on any atom is 0.416 e. The third-order valence-electron chi connectivity index (χ3n) is 4.10. The molecule has 0 saturated heterocycles. The summed E-state index contributed by atoms with van der Waals surface area (Å²) in [6.45, 7) is 4.38. The molecule has 0 radical (unpaired) electrons. The number of alkyl halides is 3. The summed E-state index contributed by atoms with van der Waals surface area (Å²) in [6, 6.07) is 8.51. The van der Waals surface area contributed by atoms with Crippen LogP contribution in [0.3, 0.4) is 0 Å². The highest BCUT2D eigenvalue weighted by Crippen LogP contribution is 2.33. The molecule has 2 rings (SSSR count). The summed E-state index contributed by atoms with van der Waals surface area (Å²) in [5.41, 5.74) is 3.60. The topological polar surface area (TPSA) is 107 Å². The van der Waals surface area contributed by atoms with Gasteiger partial charge in [-0.3, -0.25) is 9.10 Å². The molecular weight excluding hydrogens is 437 g/mol. The summed E-state index contributed by atoms with van der Waals surface area (Å²) in [4.78, 5) is 22.9. The van der Waals surface area contributed by atoms with Crippen molar-refractivity contribution in [3.8, 4) is 0 Å². The van der Waals surface area contributed by atoms with Crippen LogP contribution in [-0.2, 0) is 25.7 Å². The van der Waals surface area contributed by atoms with Crippen LogP contribution in [0.25, 0.3) is 0 Å². The van der Waals surface area contributed by atoms with Crippen LogP contribution in [0.15, 0.2) is 66.1 Å². The number of carbonyl (C=O) groups excluding carboxylic acids is 2. The molecule has 0 aromatic heterocycles. The fourth-order valence-corrected chi connectivity index (χ4v) is 3.97. The average molecular weight is 456 g/mol. The van der Waals surface area contributed by atoms with Gasteiger partial charge >= 0.3 is 12.1 Å². The molecule has 7 nitrogen and oxygen atoms in total. The van der Waals surface area contributed by atoms with Crippen molar-refractivity contribution in [1.29, 1.82) is 0 Å². The standard InChI is InChI=1S/C20H19F3N2O5S/c1-3-10-25(16-8-5-7-15(12-16)20(21,22)23)31(28,29)17-9-4-6-14(11-17)19(27)30-13(2)18(24)26/h3-9,11-13H,1,10H2,2H3,(H2,24,26)/t13-/m1/s1. The van der Waals surface area contributed by atoms with Crippen molar-refractivity contribution < 1.29 is 35.9 Å². The lowest BCUT2D eigenvalue weighted by Crippen LogP contribution is -2.32. The van der Waals surface area contributed by atoms with E-state index in [9.17, 15) is 31.2 Å². The molecule has 2 aromatic carbocycles. The predicted octanol–water partition coefficient (Wildman–Crippen LogP) is 3.12. The van der Waals surface area contributed by atoms with E-state index in [1.165, 1.54) is 37.3 Å². The van der Waals surface area contributed by atoms with Gasteiger partial charge in [0.05, 0.1) is 28.3 Å². The van der Waals surface area contributed by atoms with E-state index in [1.54, 1.807) is 0 Å². The average Bonchev–Trinajstić information content (AvgIpc) is 2.71. The van der Waals surface area contributed by atoms with E-state index < -0.39 is 39.7 Å². The highest BCUT2D eigenvalue weighted by atomic mass is 32.2. The van der Waals surface area contributed by atoms with E-state index in [1.807, 2.05) is 0 Å². The third-order valence-corrected chi connectivity index (χ3v) is 5.89. The molecule has 2 aromatic rings. The van der Waals surface area contributed by atoms with Crippen LogP contribution in [0, 0.1) is 0 Å². The highest BCUT2D eigenvalue weighted by molar-refractivity contribution is 7.92. The Morgan fingerprint density at radius 1 is 1.19 bits per heavy atom. The van der Waals surface area contributed by atoms with Crippen LogP contribution in [0.2, 0.25) is 0 Å². The fourth-order valence-electron chi connectivity index (χ4n) is 2.49. The van der Waals surface area contributed by atoms with Gasteiger partial charge in [-0.25, -0.2) is 13.2 Å². The van der Waals surface area contributed by atoms with E-state index in [0.717, 1.165) is 22.5 Å². The number of hydrogen-bond donors (Lipinski definition) is 1. The number of nitrogens with two attached hydrogens (primary N) is 1. The van der Waals surface area contributed by atoms with Gasteiger partial charge in [0.2, 0.25) is 0 Å². The zero-order valence-corrected chi connectivity index (χ0v) is 17.1. The van der Waals surface area contributed by atoms with Crippen molar-refractivity contribution >= 4 is 27.6 Å². The first-order valence-corrected chi connectivity index (χ1v) is 10.2. The summed E-state index contributed by atoms with van der Waals surface area (Å²) in [5, 5.41) is 0. The lowest BCUT2D eigenvalue weighted by atomic mass is 10.2. The number of hydrogen-bond acceptors (Lipinski definition) is 5. The number of benzene rings is 2. The van der Waals surface area contributed by atoms with E-state index >= 15 is 0 Å². The Kier molecular flexibility index (Phi) is 7.11. The second kappa shape index (κ2) is 9.21. The van der Waals surface area contributed by atoms with Crippen LogP contribution >= 0.6 is 0 Å². The molecule has 0 saturated carbocycles. The molecule has 0 fully saturated rings. The normalized spacial score (nSPS) is 12.6. The van der Waals surface area contributed by atoms with Crippen molar-refractivity contribution in [2.75, 3.05) is 10.8 Å². The smallest absolute Gasteiger partial charge is 0.416 e. The molecule has 0 bridgehead atoms. The van der Waals surface area contributed by atoms with Gasteiger partial charge in [0.25, 0.3) is 15.9 Å². The highest BCUT2D eigenvalue weighted by Gasteiger charge is 2.32. The second-order valence-corrected chi connectivity index (χ2v) is 8.21. The minimum Gasteiger partial charge on any atom is -0.449 e. The van der Waals surface area contributed by atoms with Crippen molar-refractivity contribution in [2.24, 2.45) is 5.73 Å². The Morgan fingerprint density at radius 2 is 1.84 bits per heavy atom. The monoisotopic (exact) mass is 456 g/mol. The number of nitrogens with zero attached hydrogens (tertiary/aromatic N) is 1. The van der Waals surface area contributed by atoms with Gasteiger partial charge in [0, 0.05) is 0 Å². The number of amides is 1. The van der Waals surface area contributed by atoms with Crippen LogP contribution in [0.4, 0.5) is 18.9 Å². The van der Waals surface area contributed by atoms with E-state index in [0.29, 0.717) is 6.07 Å². The predicted molar refractivity (Wildman–Crippen MR) is 107 cm³/mol. The van der Waals surface area contributed by atoms with Gasteiger partial charge in [0.1, 0.15) is 0 Å². The fraction of sp³-hybridized carbons (Fsp3) is 0.200. The molecule has 0 spiro atoms. The lowest BCUT2D eigenvalue weighted by molar-refractivity contribution is -0.137. The number of ether oxygens (including phenoxy) is 1. The molecule has 0 aliphatic carbocycles. The summed E-state index contributed by atoms with van der Waals surface area (Å²) < 4.78 is 71.1. The summed E-state index contributed by atoms with van der Waals surface area (Å²) in [7, 11) is -4.38. The molecular formula is C20H19F3N2O5S. The van der Waals surface area contributed by atoms with Gasteiger partial charge in [-0.15, -0.1) is 6.58 Å². The zero-order valence-electron chi connectivity index (χ0n) is 16.3. The first-order valence-electron chi connectivity index (χ1n) is 8.79. The Balaban J connectivity index is 2.47. The lowest BCUT2D eigenvalue weighted by Gasteiger charge is -2.24. The van der Waals surface area contributed by atoms with Gasteiger partial charge in [-0.05, 0) is 43.3 Å². The number of primary amides is 1. The number of esters is 1. The number of anilines is 1. The van der Waals surface area contributed by atoms with Gasteiger partial charge in [-0.1, -0.05) is 18.2 Å². The van der Waals surface area contributed by atoms with Crippen LogP contribution in [0.1, 0.15) is 22.8 Å². The molecule has 11 heteroatoms. The second-order valence-electron chi connectivity index (χ2n) is 6.35. The molecule has 1 amide bonds. The molecule has 0 aliphatic rings. The quantitative estimate of drug-likeness (QED) is 0.485. The Bertz CT molecular complexity index is 1100. The van der Waals surface area contributed by atoms with Crippen LogP contribution in [0.5, 0.6) is 0 Å². The number of carbonyl (C=O) groups is 2. The van der Waals surface area contributed by atoms with Gasteiger partial charge in [-0.2, -0.15) is 13.2 Å². The largest absolute Gasteiger partial charge is 0.449 e. The molecule has 31 heavy (non-hydrogen) atoms. The number of sulfonamides is 1. The van der Waals surface area contributed by atoms with Crippen molar-refractivity contribution in [3.63, 3.8) is 0 Å². The van der Waals surface area contributed by atoms with Gasteiger partial charge < -0.3 is 10.5 Å². The molecule has 166 valence electrons. The molecule has 0 unspecified atom stereocenters. The van der Waals surface area contributed by atoms with Crippen molar-refractivity contribution in [3.05, 3.63) is 72.3 Å². The van der Waals surface area contributed by atoms with Crippen molar-refractivity contribution in [2.45, 2.75) is 24.1 Å². The van der Waals surface area contributed by atoms with E-state index in [2.05, 4.69) is 6.58 Å². The number of halogens is 3. The summed E-state index contributed by atoms with van der Waals surface area (Å²) >= 11 is 0. The van der Waals surface area contributed by atoms with E-state index in [4.69, 9.17) is 10.5 Å². The molecule has 2 N–H and O–H groups in total. The molecule has 1 atom stereocenters. The molecule has 0 heterocycles. The number of rotatable bonds is 8. The summed E-state index contributed by atoms with van der Waals surface area (Å²) in [5.74, 6) is -1.88. The Hall–Kier alpha value is -3.34. The first kappa shape index (κ1) is 23.9. The SMILES string of the molecule is C=CCN(c1cccc(C(F)(F)F)c1)S(=O)(=O)c1cccc(C(=O)O[C@H](C)C(N)=O)c1. The van der Waals surface area contributed by atoms with Crippen molar-refractivity contribution in [1.82, 2.24) is 0 Å². The first-order chi connectivity index (χ1) is 14.4. The molecule has 0 aliphatic heterocycles. The Morgan fingerprint density at radius 3 is 2.42 bits per heavy atom. The maximum absolute atomic E-state index is 13.2. The van der Waals surface area contributed by atoms with Gasteiger partial charge in [0.15, 0.2) is 6.10 Å². The van der Waals surface area contributed by atoms with E-state index in [-0.39, 0.29) is 22.7 Å². The Labute approximate surface area is 177 Å². The van der Waals surface area contributed by atoms with Crippen LogP contribution in [-0.4, -0.2) is 32.9 Å². The van der Waals surface area contributed by atoms with Crippen LogP contribution < -0.4 is 10.0 Å². The third kappa shape index (κ3) is 5.63. The minimum absolute atomic E-state index is 0.184. The minimum atomic E-state index is -4.67. The summed E-state index contributed by atoms with van der Waals surface area (Å²) in [6.07, 6.45) is -4.69. The maximum atomic E-state index is 13.2. The zero-order chi connectivity index (χ0) is 23.4.